The number of carbonyl (C=O) groups excluding carboxylic acids is 1. The number of rotatable bonds is 5. The summed E-state index contributed by atoms with van der Waals surface area (Å²) in [6.45, 7) is 5.33. The molecule has 2 aliphatic heterocycles. The first-order valence-corrected chi connectivity index (χ1v) is 11.3. The molecule has 0 radical (unpaired) electrons. The summed E-state index contributed by atoms with van der Waals surface area (Å²) in [5.74, 6) is -0.641. The molecule has 0 spiro atoms. The molecule has 1 aromatic heterocycles. The average Bonchev–Trinajstić information content (AvgIpc) is 3.10. The lowest BCUT2D eigenvalue weighted by molar-refractivity contribution is -0.149. The number of fused-ring (bicyclic) bond motifs is 1. The lowest BCUT2D eigenvalue weighted by atomic mass is 10.00. The highest BCUT2D eigenvalue weighted by Crippen LogP contribution is 2.38. The van der Waals surface area contributed by atoms with Crippen molar-refractivity contribution in [1.29, 1.82) is 0 Å². The minimum absolute atomic E-state index is 0.108. The maximum absolute atomic E-state index is 13.3. The van der Waals surface area contributed by atoms with Gasteiger partial charge in [-0.3, -0.25) is 4.79 Å². The van der Waals surface area contributed by atoms with Gasteiger partial charge in [0.2, 0.25) is 0 Å². The zero-order valence-corrected chi connectivity index (χ0v) is 16.4. The number of ether oxygens (including phenoxy) is 1. The van der Waals surface area contributed by atoms with Gasteiger partial charge < -0.3 is 4.74 Å². The SMILES string of the molecule is CCOC(=O)[C@H]1CCCN(S(=O)(=O)N2CCc3sccc3[C@@H]2CC)C1. The molecule has 0 unspecified atom stereocenters. The molecule has 0 aromatic carbocycles. The van der Waals surface area contributed by atoms with Gasteiger partial charge in [0.15, 0.2) is 0 Å². The van der Waals surface area contributed by atoms with E-state index < -0.39 is 10.2 Å². The van der Waals surface area contributed by atoms with Gasteiger partial charge in [0, 0.05) is 24.5 Å². The van der Waals surface area contributed by atoms with Crippen molar-refractivity contribution in [3.63, 3.8) is 0 Å². The Hall–Kier alpha value is -0.960. The van der Waals surface area contributed by atoms with Crippen LogP contribution in [0.15, 0.2) is 11.4 Å². The van der Waals surface area contributed by atoms with E-state index in [0.29, 0.717) is 32.5 Å². The van der Waals surface area contributed by atoms with Gasteiger partial charge in [0.05, 0.1) is 18.6 Å². The molecule has 8 heteroatoms. The maximum Gasteiger partial charge on any atom is 0.310 e. The first-order valence-electron chi connectivity index (χ1n) is 8.98. The quantitative estimate of drug-likeness (QED) is 0.730. The summed E-state index contributed by atoms with van der Waals surface area (Å²) in [7, 11) is -3.58. The largest absolute Gasteiger partial charge is 0.466 e. The Balaban J connectivity index is 1.80. The van der Waals surface area contributed by atoms with E-state index in [0.717, 1.165) is 18.4 Å². The van der Waals surface area contributed by atoms with Crippen molar-refractivity contribution in [2.75, 3.05) is 26.2 Å². The smallest absolute Gasteiger partial charge is 0.310 e. The molecular weight excluding hydrogens is 360 g/mol. The van der Waals surface area contributed by atoms with E-state index in [1.165, 1.54) is 9.18 Å². The van der Waals surface area contributed by atoms with Crippen molar-refractivity contribution in [2.24, 2.45) is 5.92 Å². The minimum atomic E-state index is -3.58. The highest BCUT2D eigenvalue weighted by Gasteiger charge is 2.41. The standard InChI is InChI=1S/C17H26N2O4S2/c1-3-15-14-8-11-24-16(14)7-10-19(15)25(21,22)18-9-5-6-13(12-18)17(20)23-4-2/h8,11,13,15H,3-7,9-10,12H2,1-2H3/t13-,15-/m0/s1. The lowest BCUT2D eigenvalue weighted by Crippen LogP contribution is -2.51. The van der Waals surface area contributed by atoms with Crippen molar-refractivity contribution in [1.82, 2.24) is 8.61 Å². The number of thiophene rings is 1. The highest BCUT2D eigenvalue weighted by molar-refractivity contribution is 7.86. The molecule has 1 fully saturated rings. The Kier molecular flexibility index (Phi) is 5.82. The zero-order valence-electron chi connectivity index (χ0n) is 14.8. The molecule has 6 nitrogen and oxygen atoms in total. The summed E-state index contributed by atoms with van der Waals surface area (Å²) < 4.78 is 34.8. The second-order valence-electron chi connectivity index (χ2n) is 6.54. The third-order valence-electron chi connectivity index (χ3n) is 5.06. The number of hydrogen-bond donors (Lipinski definition) is 0. The number of piperidine rings is 1. The molecular formula is C17H26N2O4S2. The van der Waals surface area contributed by atoms with E-state index in [1.807, 2.05) is 18.4 Å². The van der Waals surface area contributed by atoms with Crippen molar-refractivity contribution in [3.05, 3.63) is 21.9 Å². The molecule has 0 N–H and O–H groups in total. The lowest BCUT2D eigenvalue weighted by Gasteiger charge is -2.39. The Morgan fingerprint density at radius 3 is 2.88 bits per heavy atom. The molecule has 3 heterocycles. The molecule has 0 saturated carbocycles. The molecule has 0 amide bonds. The van der Waals surface area contributed by atoms with E-state index >= 15 is 0 Å². The summed E-state index contributed by atoms with van der Waals surface area (Å²) in [5.41, 5.74) is 1.14. The van der Waals surface area contributed by atoms with Crippen LogP contribution < -0.4 is 0 Å². The molecule has 0 aliphatic carbocycles. The predicted octanol–water partition coefficient (Wildman–Crippen LogP) is 2.58. The van der Waals surface area contributed by atoms with Crippen LogP contribution >= 0.6 is 11.3 Å². The molecule has 25 heavy (non-hydrogen) atoms. The number of carbonyl (C=O) groups is 1. The van der Waals surface area contributed by atoms with Crippen LogP contribution in [0, 0.1) is 5.92 Å². The normalized spacial score (nSPS) is 25.5. The monoisotopic (exact) mass is 386 g/mol. The number of esters is 1. The van der Waals surface area contributed by atoms with Gasteiger partial charge in [-0.15, -0.1) is 11.3 Å². The second kappa shape index (κ2) is 7.73. The second-order valence-corrected chi connectivity index (χ2v) is 9.42. The summed E-state index contributed by atoms with van der Waals surface area (Å²) in [6, 6.07) is 1.94. The molecule has 0 bridgehead atoms. The van der Waals surface area contributed by atoms with Crippen LogP contribution in [-0.4, -0.2) is 49.2 Å². The van der Waals surface area contributed by atoms with Gasteiger partial charge in [0.1, 0.15) is 0 Å². The van der Waals surface area contributed by atoms with Gasteiger partial charge in [-0.25, -0.2) is 0 Å². The van der Waals surface area contributed by atoms with E-state index in [1.54, 1.807) is 22.6 Å². The zero-order chi connectivity index (χ0) is 18.0. The van der Waals surface area contributed by atoms with Crippen LogP contribution in [0.5, 0.6) is 0 Å². The van der Waals surface area contributed by atoms with E-state index in [2.05, 4.69) is 0 Å². The summed E-state index contributed by atoms with van der Waals surface area (Å²) in [4.78, 5) is 13.3. The molecule has 1 aromatic rings. The van der Waals surface area contributed by atoms with E-state index in [4.69, 9.17) is 4.74 Å². The summed E-state index contributed by atoms with van der Waals surface area (Å²) in [5, 5.41) is 2.04. The Morgan fingerprint density at radius 1 is 1.36 bits per heavy atom. The molecule has 3 rings (SSSR count). The molecule has 140 valence electrons. The minimum Gasteiger partial charge on any atom is -0.466 e. The number of nitrogens with zero attached hydrogens (tertiary/aromatic N) is 2. The Morgan fingerprint density at radius 2 is 2.16 bits per heavy atom. The Bertz CT molecular complexity index is 716. The van der Waals surface area contributed by atoms with Gasteiger partial charge >= 0.3 is 5.97 Å². The predicted molar refractivity (Wildman–Crippen MR) is 97.6 cm³/mol. The number of hydrogen-bond acceptors (Lipinski definition) is 5. The van der Waals surface area contributed by atoms with Crippen molar-refractivity contribution in [3.8, 4) is 0 Å². The van der Waals surface area contributed by atoms with Crippen molar-refractivity contribution < 1.29 is 17.9 Å². The fourth-order valence-electron chi connectivity index (χ4n) is 3.83. The van der Waals surface area contributed by atoms with Crippen LogP contribution in [-0.2, 0) is 26.2 Å². The highest BCUT2D eigenvalue weighted by atomic mass is 32.2. The third-order valence-corrected chi connectivity index (χ3v) is 8.07. The Labute approximate surface area is 153 Å². The molecule has 1 saturated heterocycles. The third kappa shape index (κ3) is 3.63. The van der Waals surface area contributed by atoms with Crippen molar-refractivity contribution in [2.45, 2.75) is 45.6 Å². The van der Waals surface area contributed by atoms with Crippen LogP contribution in [0.25, 0.3) is 0 Å². The summed E-state index contributed by atoms with van der Waals surface area (Å²) in [6.07, 6.45) is 2.89. The van der Waals surface area contributed by atoms with Crippen LogP contribution in [0.1, 0.15) is 49.6 Å². The van der Waals surface area contributed by atoms with Gasteiger partial charge in [-0.05, 0) is 49.6 Å². The van der Waals surface area contributed by atoms with Crippen LogP contribution in [0.3, 0.4) is 0 Å². The first-order chi connectivity index (χ1) is 12.0. The van der Waals surface area contributed by atoms with Gasteiger partial charge in [-0.2, -0.15) is 17.0 Å². The van der Waals surface area contributed by atoms with Crippen molar-refractivity contribution >= 4 is 27.5 Å². The van der Waals surface area contributed by atoms with E-state index in [9.17, 15) is 13.2 Å². The van der Waals surface area contributed by atoms with Crippen LogP contribution in [0.4, 0.5) is 0 Å². The van der Waals surface area contributed by atoms with Gasteiger partial charge in [-0.1, -0.05) is 6.92 Å². The topological polar surface area (TPSA) is 66.9 Å². The first kappa shape index (κ1) is 18.8. The fraction of sp³-hybridized carbons (Fsp3) is 0.706. The molecule has 2 aliphatic rings. The average molecular weight is 387 g/mol. The maximum atomic E-state index is 13.3. The van der Waals surface area contributed by atoms with E-state index in [-0.39, 0.29) is 24.5 Å². The molecule has 2 atom stereocenters. The summed E-state index contributed by atoms with van der Waals surface area (Å²) >= 11 is 1.71. The fourth-order valence-corrected chi connectivity index (χ4v) is 6.69. The van der Waals surface area contributed by atoms with Crippen LogP contribution in [0.2, 0.25) is 0 Å². The van der Waals surface area contributed by atoms with Gasteiger partial charge in [0.25, 0.3) is 10.2 Å².